The molecule has 0 saturated heterocycles. The Hall–Kier alpha value is -1.25. The fourth-order valence-electron chi connectivity index (χ4n) is 1.34. The molecule has 1 heterocycles. The molecule has 0 bridgehead atoms. The number of hydrogen-bond donors (Lipinski definition) is 3. The van der Waals surface area contributed by atoms with Crippen LogP contribution >= 0.6 is 11.7 Å². The van der Waals surface area contributed by atoms with E-state index in [4.69, 9.17) is 4.74 Å². The number of nitrogens with zero attached hydrogens (tertiary/aromatic N) is 2. The molecule has 0 saturated carbocycles. The maximum Gasteiger partial charge on any atom is 0.245 e. The predicted molar refractivity (Wildman–Crippen MR) is 76.8 cm³/mol. The summed E-state index contributed by atoms with van der Waals surface area (Å²) in [6.45, 7) is 7.87. The first kappa shape index (κ1) is 16.8. The van der Waals surface area contributed by atoms with Gasteiger partial charge in [0.25, 0.3) is 0 Å². The summed E-state index contributed by atoms with van der Waals surface area (Å²) < 4.78 is 12.9. The second-order valence-electron chi connectivity index (χ2n) is 5.58. The maximum absolute atomic E-state index is 11.8. The molecule has 1 amide bonds. The number of aromatic nitrogens is 2. The van der Waals surface area contributed by atoms with Crippen LogP contribution in [0.25, 0.3) is 0 Å². The lowest BCUT2D eigenvalue weighted by molar-refractivity contribution is -0.124. The smallest absolute Gasteiger partial charge is 0.245 e. The van der Waals surface area contributed by atoms with Gasteiger partial charge < -0.3 is 20.5 Å². The minimum absolute atomic E-state index is 0.102. The number of rotatable bonds is 7. The summed E-state index contributed by atoms with van der Waals surface area (Å²) >= 11 is 1.04. The summed E-state index contributed by atoms with van der Waals surface area (Å²) in [6, 6.07) is -0.384. The van der Waals surface area contributed by atoms with Crippen molar-refractivity contribution in [1.29, 1.82) is 0 Å². The first-order valence-electron chi connectivity index (χ1n) is 6.42. The molecule has 8 heteroatoms. The van der Waals surface area contributed by atoms with E-state index >= 15 is 0 Å². The first-order valence-corrected chi connectivity index (χ1v) is 7.15. The van der Waals surface area contributed by atoms with Gasteiger partial charge in [-0.15, -0.1) is 4.37 Å². The van der Waals surface area contributed by atoms with Crippen molar-refractivity contribution < 1.29 is 14.6 Å². The molecule has 1 aromatic rings. The van der Waals surface area contributed by atoms with Crippen LogP contribution in [0.4, 0.5) is 0 Å². The van der Waals surface area contributed by atoms with Crippen molar-refractivity contribution in [2.75, 3.05) is 13.2 Å². The Bertz CT molecular complexity index is 405. The Morgan fingerprint density at radius 2 is 2.25 bits per heavy atom. The van der Waals surface area contributed by atoms with Crippen LogP contribution in [-0.4, -0.2) is 50.6 Å². The standard InChI is InChI=1S/C12H22N4O3S/c1-8(11(18)15-12(2,3)4)13-5-9(17)7-19-10-6-14-20-16-10/h6,8-9,13,17H,5,7H2,1-4H3,(H,15,18). The first-order chi connectivity index (χ1) is 9.28. The summed E-state index contributed by atoms with van der Waals surface area (Å²) in [5, 5.41) is 15.6. The van der Waals surface area contributed by atoms with Gasteiger partial charge in [-0.1, -0.05) is 0 Å². The predicted octanol–water partition coefficient (Wildman–Crippen LogP) is 0.171. The van der Waals surface area contributed by atoms with Gasteiger partial charge in [-0.3, -0.25) is 4.79 Å². The number of amides is 1. The minimum Gasteiger partial charge on any atom is -0.473 e. The van der Waals surface area contributed by atoms with Crippen LogP contribution in [0.1, 0.15) is 27.7 Å². The van der Waals surface area contributed by atoms with E-state index in [2.05, 4.69) is 19.4 Å². The normalized spacial score (nSPS) is 14.7. The maximum atomic E-state index is 11.8. The molecule has 0 aromatic carbocycles. The minimum atomic E-state index is -0.721. The number of hydrogen-bond acceptors (Lipinski definition) is 7. The van der Waals surface area contributed by atoms with Crippen LogP contribution in [0.5, 0.6) is 5.88 Å². The summed E-state index contributed by atoms with van der Waals surface area (Å²) in [5.74, 6) is 0.293. The van der Waals surface area contributed by atoms with Crippen LogP contribution in [0.15, 0.2) is 6.20 Å². The average Bonchev–Trinajstić information content (AvgIpc) is 2.84. The largest absolute Gasteiger partial charge is 0.473 e. The Morgan fingerprint density at radius 3 is 2.80 bits per heavy atom. The molecule has 0 fully saturated rings. The van der Waals surface area contributed by atoms with Gasteiger partial charge in [0.1, 0.15) is 18.9 Å². The zero-order valence-corrected chi connectivity index (χ0v) is 13.0. The molecule has 0 radical (unpaired) electrons. The van der Waals surface area contributed by atoms with Gasteiger partial charge >= 0.3 is 0 Å². The molecule has 3 N–H and O–H groups in total. The molecular formula is C12H22N4O3S. The third-order valence-electron chi connectivity index (χ3n) is 2.32. The van der Waals surface area contributed by atoms with Crippen LogP contribution < -0.4 is 15.4 Å². The number of carbonyl (C=O) groups is 1. The average molecular weight is 302 g/mol. The summed E-state index contributed by atoms with van der Waals surface area (Å²) in [6.07, 6.45) is 0.770. The molecule has 0 aliphatic heterocycles. The van der Waals surface area contributed by atoms with Crippen molar-refractivity contribution in [3.8, 4) is 5.88 Å². The Morgan fingerprint density at radius 1 is 1.55 bits per heavy atom. The molecule has 114 valence electrons. The molecule has 20 heavy (non-hydrogen) atoms. The number of nitrogens with one attached hydrogen (secondary N) is 2. The highest BCUT2D eigenvalue weighted by Gasteiger charge is 2.19. The van der Waals surface area contributed by atoms with Crippen molar-refractivity contribution in [1.82, 2.24) is 19.4 Å². The van der Waals surface area contributed by atoms with Crippen molar-refractivity contribution in [3.05, 3.63) is 6.20 Å². The summed E-state index contributed by atoms with van der Waals surface area (Å²) in [7, 11) is 0. The molecule has 0 aliphatic carbocycles. The van der Waals surface area contributed by atoms with Crippen molar-refractivity contribution in [2.45, 2.75) is 45.4 Å². The van der Waals surface area contributed by atoms with E-state index < -0.39 is 6.10 Å². The second-order valence-corrected chi connectivity index (χ2v) is 6.14. The van der Waals surface area contributed by atoms with E-state index in [1.54, 1.807) is 6.92 Å². The molecule has 0 aliphatic rings. The highest BCUT2D eigenvalue weighted by molar-refractivity contribution is 6.99. The monoisotopic (exact) mass is 302 g/mol. The third kappa shape index (κ3) is 6.78. The lowest BCUT2D eigenvalue weighted by atomic mass is 10.1. The third-order valence-corrected chi connectivity index (χ3v) is 2.78. The zero-order valence-electron chi connectivity index (χ0n) is 12.2. The highest BCUT2D eigenvalue weighted by Crippen LogP contribution is 2.05. The zero-order chi connectivity index (χ0) is 15.2. The molecule has 2 unspecified atom stereocenters. The Labute approximate surface area is 123 Å². The van der Waals surface area contributed by atoms with Gasteiger partial charge in [-0.05, 0) is 27.7 Å². The lowest BCUT2D eigenvalue weighted by Crippen LogP contribution is -2.51. The van der Waals surface area contributed by atoms with Crippen LogP contribution in [-0.2, 0) is 4.79 Å². The van der Waals surface area contributed by atoms with Gasteiger partial charge in [0, 0.05) is 12.1 Å². The molecule has 1 aromatic heterocycles. The number of aliphatic hydroxyl groups excluding tert-OH is 1. The molecule has 0 spiro atoms. The van der Waals surface area contributed by atoms with Gasteiger partial charge in [0.05, 0.1) is 17.8 Å². The molecule has 2 atom stereocenters. The molecule has 7 nitrogen and oxygen atoms in total. The SMILES string of the molecule is CC(NCC(O)COc1cnsn1)C(=O)NC(C)(C)C. The van der Waals surface area contributed by atoms with E-state index in [-0.39, 0.29) is 30.6 Å². The lowest BCUT2D eigenvalue weighted by Gasteiger charge is -2.24. The van der Waals surface area contributed by atoms with Crippen molar-refractivity contribution in [3.63, 3.8) is 0 Å². The van der Waals surface area contributed by atoms with Gasteiger partial charge in [-0.2, -0.15) is 4.37 Å². The van der Waals surface area contributed by atoms with Crippen molar-refractivity contribution >= 4 is 17.6 Å². The van der Waals surface area contributed by atoms with Gasteiger partial charge in [0.15, 0.2) is 0 Å². The topological polar surface area (TPSA) is 96.4 Å². The molecular weight excluding hydrogens is 280 g/mol. The Kier molecular flexibility index (Phi) is 6.31. The van der Waals surface area contributed by atoms with E-state index in [1.165, 1.54) is 6.20 Å². The van der Waals surface area contributed by atoms with E-state index in [9.17, 15) is 9.90 Å². The van der Waals surface area contributed by atoms with Crippen LogP contribution in [0.2, 0.25) is 0 Å². The van der Waals surface area contributed by atoms with E-state index in [0.29, 0.717) is 5.88 Å². The quantitative estimate of drug-likeness (QED) is 0.664. The van der Waals surface area contributed by atoms with E-state index in [1.807, 2.05) is 20.8 Å². The second kappa shape index (κ2) is 7.51. The fourth-order valence-corrected chi connectivity index (χ4v) is 1.71. The van der Waals surface area contributed by atoms with Gasteiger partial charge in [0.2, 0.25) is 11.8 Å². The Balaban J connectivity index is 2.22. The summed E-state index contributed by atoms with van der Waals surface area (Å²) in [5.41, 5.74) is -0.271. The van der Waals surface area contributed by atoms with E-state index in [0.717, 1.165) is 11.7 Å². The number of ether oxygens (including phenoxy) is 1. The van der Waals surface area contributed by atoms with Crippen LogP contribution in [0.3, 0.4) is 0 Å². The van der Waals surface area contributed by atoms with Crippen LogP contribution in [0, 0.1) is 0 Å². The highest BCUT2D eigenvalue weighted by atomic mass is 32.1. The molecule has 1 rings (SSSR count). The summed E-state index contributed by atoms with van der Waals surface area (Å²) in [4.78, 5) is 11.8. The fraction of sp³-hybridized carbons (Fsp3) is 0.750. The number of aliphatic hydroxyl groups is 1. The van der Waals surface area contributed by atoms with Crippen molar-refractivity contribution in [2.24, 2.45) is 0 Å². The van der Waals surface area contributed by atoms with Gasteiger partial charge in [-0.25, -0.2) is 0 Å². The number of carbonyl (C=O) groups excluding carboxylic acids is 1.